The molecule has 1 atom stereocenters. The molecule has 1 aromatic rings. The van der Waals surface area contributed by atoms with Crippen LogP contribution in [0, 0.1) is 5.92 Å². The highest BCUT2D eigenvalue weighted by Gasteiger charge is 2.21. The lowest BCUT2D eigenvalue weighted by atomic mass is 10.1. The van der Waals surface area contributed by atoms with Crippen molar-refractivity contribution < 1.29 is 5.11 Å². The Hall–Kier alpha value is -0.770. The number of halogens is 1. The molecule has 0 saturated carbocycles. The van der Waals surface area contributed by atoms with Gasteiger partial charge in [-0.2, -0.15) is 0 Å². The molecule has 1 fully saturated rings. The first-order valence-electron chi connectivity index (χ1n) is 6.39. The van der Waals surface area contributed by atoms with Gasteiger partial charge in [-0.3, -0.25) is 0 Å². The molecule has 0 radical (unpaired) electrons. The molecule has 100 valence electrons. The summed E-state index contributed by atoms with van der Waals surface area (Å²) in [6, 6.07) is 5.66. The third-order valence-electron chi connectivity index (χ3n) is 3.65. The van der Waals surface area contributed by atoms with Gasteiger partial charge in [0.1, 0.15) is 0 Å². The number of nitrogens with zero attached hydrogens (tertiary/aromatic N) is 2. The number of rotatable bonds is 4. The molecule has 0 spiro atoms. The number of hydrogen-bond donors (Lipinski definition) is 1. The molecule has 1 N–H and O–H groups in total. The molecule has 1 heterocycles. The molecule has 1 unspecified atom stereocenters. The Morgan fingerprint density at radius 1 is 1.50 bits per heavy atom. The Labute approximate surface area is 114 Å². The number of likely N-dealkylation sites (tertiary alicyclic amines) is 1. The van der Waals surface area contributed by atoms with Crippen molar-refractivity contribution in [3.05, 3.63) is 28.8 Å². The molecule has 18 heavy (non-hydrogen) atoms. The van der Waals surface area contributed by atoms with E-state index in [4.69, 9.17) is 11.6 Å². The van der Waals surface area contributed by atoms with Gasteiger partial charge in [-0.15, -0.1) is 0 Å². The van der Waals surface area contributed by atoms with Gasteiger partial charge in [-0.05, 0) is 38.1 Å². The largest absolute Gasteiger partial charge is 0.392 e. The lowest BCUT2D eigenvalue weighted by molar-refractivity contribution is 0.282. The standard InChI is InChI=1S/C14H21ClN2O/c1-16-6-5-11(8-16)9-17(2)14-7-13(15)4-3-12(14)10-18/h3-4,7,11,18H,5-6,8-10H2,1-2H3. The van der Waals surface area contributed by atoms with Gasteiger partial charge >= 0.3 is 0 Å². The van der Waals surface area contributed by atoms with E-state index in [1.54, 1.807) is 0 Å². The first-order chi connectivity index (χ1) is 8.60. The van der Waals surface area contributed by atoms with Crippen LogP contribution < -0.4 is 4.90 Å². The number of aliphatic hydroxyl groups excluding tert-OH is 1. The van der Waals surface area contributed by atoms with Crippen LogP contribution >= 0.6 is 11.6 Å². The van der Waals surface area contributed by atoms with Crippen LogP contribution in [-0.2, 0) is 6.61 Å². The molecular formula is C14H21ClN2O. The van der Waals surface area contributed by atoms with Crippen molar-refractivity contribution in [1.29, 1.82) is 0 Å². The number of anilines is 1. The summed E-state index contributed by atoms with van der Waals surface area (Å²) in [6.07, 6.45) is 1.25. The van der Waals surface area contributed by atoms with Gasteiger partial charge in [-0.1, -0.05) is 17.7 Å². The summed E-state index contributed by atoms with van der Waals surface area (Å²) in [5.74, 6) is 0.700. The first-order valence-corrected chi connectivity index (χ1v) is 6.77. The highest BCUT2D eigenvalue weighted by atomic mass is 35.5. The number of hydrogen-bond acceptors (Lipinski definition) is 3. The van der Waals surface area contributed by atoms with Gasteiger partial charge in [0.05, 0.1) is 6.61 Å². The van der Waals surface area contributed by atoms with Crippen molar-refractivity contribution in [2.24, 2.45) is 5.92 Å². The summed E-state index contributed by atoms with van der Waals surface area (Å²) in [4.78, 5) is 4.57. The van der Waals surface area contributed by atoms with Crippen LogP contribution in [0.5, 0.6) is 0 Å². The van der Waals surface area contributed by atoms with Gasteiger partial charge in [0.25, 0.3) is 0 Å². The van der Waals surface area contributed by atoms with Gasteiger partial charge in [0.15, 0.2) is 0 Å². The predicted octanol–water partition coefficient (Wildman–Crippen LogP) is 2.22. The summed E-state index contributed by atoms with van der Waals surface area (Å²) in [5, 5.41) is 10.1. The summed E-state index contributed by atoms with van der Waals surface area (Å²) in [6.45, 7) is 3.40. The lowest BCUT2D eigenvalue weighted by Gasteiger charge is -2.25. The Morgan fingerprint density at radius 2 is 2.28 bits per heavy atom. The maximum Gasteiger partial charge on any atom is 0.0702 e. The third-order valence-corrected chi connectivity index (χ3v) is 3.89. The van der Waals surface area contributed by atoms with Crippen molar-refractivity contribution in [3.63, 3.8) is 0 Å². The van der Waals surface area contributed by atoms with Crippen LogP contribution in [0.25, 0.3) is 0 Å². The molecule has 1 aromatic carbocycles. The second-order valence-electron chi connectivity index (χ2n) is 5.23. The average Bonchev–Trinajstić information content (AvgIpc) is 2.74. The second-order valence-corrected chi connectivity index (χ2v) is 5.67. The van der Waals surface area contributed by atoms with Crippen LogP contribution in [0.4, 0.5) is 5.69 Å². The van der Waals surface area contributed by atoms with Crippen molar-refractivity contribution in [1.82, 2.24) is 4.90 Å². The monoisotopic (exact) mass is 268 g/mol. The third kappa shape index (κ3) is 3.16. The van der Waals surface area contributed by atoms with E-state index in [1.165, 1.54) is 13.0 Å². The minimum absolute atomic E-state index is 0.0570. The zero-order chi connectivity index (χ0) is 13.1. The molecule has 1 aliphatic rings. The summed E-state index contributed by atoms with van der Waals surface area (Å²) in [5.41, 5.74) is 1.98. The zero-order valence-electron chi connectivity index (χ0n) is 11.1. The van der Waals surface area contributed by atoms with E-state index in [9.17, 15) is 5.11 Å². The molecule has 1 saturated heterocycles. The SMILES string of the molecule is CN1CCC(CN(C)c2cc(Cl)ccc2CO)C1. The first kappa shape index (κ1) is 13.7. The van der Waals surface area contributed by atoms with E-state index in [2.05, 4.69) is 23.9 Å². The molecule has 0 amide bonds. The van der Waals surface area contributed by atoms with Crippen molar-refractivity contribution in [2.45, 2.75) is 13.0 Å². The van der Waals surface area contributed by atoms with Crippen LogP contribution in [0.1, 0.15) is 12.0 Å². The molecule has 0 bridgehead atoms. The fourth-order valence-electron chi connectivity index (χ4n) is 2.69. The Kier molecular flexibility index (Phi) is 4.49. The lowest BCUT2D eigenvalue weighted by Crippen LogP contribution is -2.28. The highest BCUT2D eigenvalue weighted by molar-refractivity contribution is 6.30. The minimum atomic E-state index is 0.0570. The van der Waals surface area contributed by atoms with E-state index < -0.39 is 0 Å². The summed E-state index contributed by atoms with van der Waals surface area (Å²) in [7, 11) is 4.24. The topological polar surface area (TPSA) is 26.7 Å². The van der Waals surface area contributed by atoms with Crippen molar-refractivity contribution in [3.8, 4) is 0 Å². The van der Waals surface area contributed by atoms with Crippen molar-refractivity contribution >= 4 is 17.3 Å². The molecule has 2 rings (SSSR count). The molecule has 1 aliphatic heterocycles. The highest BCUT2D eigenvalue weighted by Crippen LogP contribution is 2.26. The normalized spacial score (nSPS) is 20.3. The van der Waals surface area contributed by atoms with Crippen LogP contribution in [0.3, 0.4) is 0 Å². The van der Waals surface area contributed by atoms with Gasteiger partial charge in [0.2, 0.25) is 0 Å². The number of aliphatic hydroxyl groups is 1. The maximum atomic E-state index is 9.38. The van der Waals surface area contributed by atoms with Crippen molar-refractivity contribution in [2.75, 3.05) is 38.6 Å². The van der Waals surface area contributed by atoms with Gasteiger partial charge in [0, 0.05) is 36.4 Å². The fraction of sp³-hybridized carbons (Fsp3) is 0.571. The van der Waals surface area contributed by atoms with Crippen LogP contribution in [0.2, 0.25) is 5.02 Å². The summed E-state index contributed by atoms with van der Waals surface area (Å²) >= 11 is 6.04. The fourth-order valence-corrected chi connectivity index (χ4v) is 2.85. The average molecular weight is 269 g/mol. The summed E-state index contributed by atoms with van der Waals surface area (Å²) < 4.78 is 0. The molecule has 3 nitrogen and oxygen atoms in total. The second kappa shape index (κ2) is 5.91. The smallest absolute Gasteiger partial charge is 0.0702 e. The van der Waals surface area contributed by atoms with Crippen LogP contribution in [-0.4, -0.2) is 43.7 Å². The Balaban J connectivity index is 2.08. The van der Waals surface area contributed by atoms with Crippen LogP contribution in [0.15, 0.2) is 18.2 Å². The number of benzene rings is 1. The van der Waals surface area contributed by atoms with E-state index in [0.29, 0.717) is 5.92 Å². The Morgan fingerprint density at radius 3 is 2.89 bits per heavy atom. The Bertz CT molecular complexity index is 411. The van der Waals surface area contributed by atoms with E-state index in [1.807, 2.05) is 18.2 Å². The molecule has 0 aliphatic carbocycles. The predicted molar refractivity (Wildman–Crippen MR) is 76.2 cm³/mol. The minimum Gasteiger partial charge on any atom is -0.392 e. The zero-order valence-corrected chi connectivity index (χ0v) is 11.8. The molecule has 0 aromatic heterocycles. The van der Waals surface area contributed by atoms with Gasteiger partial charge < -0.3 is 14.9 Å². The molecular weight excluding hydrogens is 248 g/mol. The van der Waals surface area contributed by atoms with E-state index in [0.717, 1.165) is 29.4 Å². The van der Waals surface area contributed by atoms with Gasteiger partial charge in [-0.25, -0.2) is 0 Å². The maximum absolute atomic E-state index is 9.38. The van der Waals surface area contributed by atoms with E-state index >= 15 is 0 Å². The molecule has 4 heteroatoms. The van der Waals surface area contributed by atoms with E-state index in [-0.39, 0.29) is 6.61 Å². The quantitative estimate of drug-likeness (QED) is 0.907.